The van der Waals surface area contributed by atoms with E-state index < -0.39 is 9.84 Å². The van der Waals surface area contributed by atoms with Crippen molar-refractivity contribution in [3.63, 3.8) is 0 Å². The molecule has 0 fully saturated rings. The molecule has 0 aliphatic carbocycles. The lowest BCUT2D eigenvalue weighted by atomic mass is 10.1. The molecule has 0 aliphatic rings. The standard InChI is InChI=1S/C11H19NO2S2/c1-3-10(12-2)6-5-9-16(13,14)11-7-4-8-15-11/h4,7-8,10,12H,3,5-6,9H2,1-2H3. The van der Waals surface area contributed by atoms with Gasteiger partial charge in [0.2, 0.25) is 0 Å². The van der Waals surface area contributed by atoms with Crippen molar-refractivity contribution in [2.45, 2.75) is 36.4 Å². The molecule has 1 heterocycles. The van der Waals surface area contributed by atoms with E-state index in [0.717, 1.165) is 19.3 Å². The van der Waals surface area contributed by atoms with Gasteiger partial charge in [0.25, 0.3) is 0 Å². The highest BCUT2D eigenvalue weighted by Gasteiger charge is 2.15. The number of hydrogen-bond donors (Lipinski definition) is 1. The normalized spacial score (nSPS) is 13.9. The fraction of sp³-hybridized carbons (Fsp3) is 0.636. The number of thiophene rings is 1. The SMILES string of the molecule is CCC(CCCS(=O)(=O)c1cccs1)NC. The Kier molecular flexibility index (Phi) is 5.44. The predicted molar refractivity (Wildman–Crippen MR) is 68.7 cm³/mol. The maximum Gasteiger partial charge on any atom is 0.187 e. The van der Waals surface area contributed by atoms with E-state index in [0.29, 0.717) is 10.3 Å². The molecular formula is C11H19NO2S2. The molecular weight excluding hydrogens is 242 g/mol. The van der Waals surface area contributed by atoms with Crippen molar-refractivity contribution in [3.05, 3.63) is 17.5 Å². The van der Waals surface area contributed by atoms with Crippen LogP contribution in [0.15, 0.2) is 21.7 Å². The Bertz CT molecular complexity index is 380. The molecule has 0 spiro atoms. The molecule has 1 rings (SSSR count). The van der Waals surface area contributed by atoms with Gasteiger partial charge in [-0.15, -0.1) is 11.3 Å². The molecule has 92 valence electrons. The molecule has 0 amide bonds. The first-order valence-electron chi connectivity index (χ1n) is 5.53. The topological polar surface area (TPSA) is 46.2 Å². The summed E-state index contributed by atoms with van der Waals surface area (Å²) in [6, 6.07) is 3.88. The van der Waals surface area contributed by atoms with Gasteiger partial charge in [-0.2, -0.15) is 0 Å². The zero-order chi connectivity index (χ0) is 12.0. The van der Waals surface area contributed by atoms with Crippen LogP contribution in [0.2, 0.25) is 0 Å². The summed E-state index contributed by atoms with van der Waals surface area (Å²) < 4.78 is 24.2. The quantitative estimate of drug-likeness (QED) is 0.819. The van der Waals surface area contributed by atoms with Gasteiger partial charge in [0, 0.05) is 6.04 Å². The van der Waals surface area contributed by atoms with Gasteiger partial charge in [-0.3, -0.25) is 0 Å². The molecule has 3 nitrogen and oxygen atoms in total. The van der Waals surface area contributed by atoms with E-state index in [1.807, 2.05) is 7.05 Å². The molecule has 0 saturated heterocycles. The minimum absolute atomic E-state index is 0.256. The second-order valence-corrected chi connectivity index (χ2v) is 7.07. The Morgan fingerprint density at radius 1 is 1.50 bits per heavy atom. The first-order valence-corrected chi connectivity index (χ1v) is 8.07. The highest BCUT2D eigenvalue weighted by atomic mass is 32.2. The molecule has 0 bridgehead atoms. The third-order valence-electron chi connectivity index (χ3n) is 2.67. The second kappa shape index (κ2) is 6.37. The van der Waals surface area contributed by atoms with Crippen molar-refractivity contribution >= 4 is 21.2 Å². The zero-order valence-electron chi connectivity index (χ0n) is 9.77. The van der Waals surface area contributed by atoms with Gasteiger partial charge in [0.15, 0.2) is 9.84 Å². The lowest BCUT2D eigenvalue weighted by molar-refractivity contribution is 0.500. The summed E-state index contributed by atoms with van der Waals surface area (Å²) in [6.07, 6.45) is 2.67. The summed E-state index contributed by atoms with van der Waals surface area (Å²) in [4.78, 5) is 0. The van der Waals surface area contributed by atoms with Crippen molar-refractivity contribution in [2.75, 3.05) is 12.8 Å². The second-order valence-electron chi connectivity index (χ2n) is 3.79. The van der Waals surface area contributed by atoms with E-state index in [1.165, 1.54) is 11.3 Å². The number of hydrogen-bond acceptors (Lipinski definition) is 4. The van der Waals surface area contributed by atoms with Crippen LogP contribution in [0.5, 0.6) is 0 Å². The van der Waals surface area contributed by atoms with E-state index in [-0.39, 0.29) is 5.75 Å². The van der Waals surface area contributed by atoms with Crippen LogP contribution in [-0.2, 0) is 9.84 Å². The van der Waals surface area contributed by atoms with Gasteiger partial charge in [-0.25, -0.2) is 8.42 Å². The largest absolute Gasteiger partial charge is 0.317 e. The predicted octanol–water partition coefficient (Wildman–Crippen LogP) is 2.30. The van der Waals surface area contributed by atoms with Crippen LogP contribution < -0.4 is 5.32 Å². The van der Waals surface area contributed by atoms with Crippen LogP contribution in [-0.4, -0.2) is 27.3 Å². The lowest BCUT2D eigenvalue weighted by Crippen LogP contribution is -2.24. The van der Waals surface area contributed by atoms with E-state index in [1.54, 1.807) is 17.5 Å². The molecule has 0 radical (unpaired) electrons. The molecule has 0 saturated carbocycles. The highest BCUT2D eigenvalue weighted by Crippen LogP contribution is 2.18. The number of sulfone groups is 1. The van der Waals surface area contributed by atoms with E-state index in [9.17, 15) is 8.42 Å². The minimum Gasteiger partial charge on any atom is -0.317 e. The van der Waals surface area contributed by atoms with E-state index in [4.69, 9.17) is 0 Å². The average Bonchev–Trinajstić information content (AvgIpc) is 2.78. The van der Waals surface area contributed by atoms with Gasteiger partial charge in [0.1, 0.15) is 4.21 Å². The third-order valence-corrected chi connectivity index (χ3v) is 5.96. The van der Waals surface area contributed by atoms with Gasteiger partial charge in [-0.05, 0) is 37.8 Å². The summed E-state index contributed by atoms with van der Waals surface area (Å²) in [6.45, 7) is 2.11. The van der Waals surface area contributed by atoms with Crippen LogP contribution in [0.3, 0.4) is 0 Å². The molecule has 16 heavy (non-hydrogen) atoms. The summed E-state index contributed by atoms with van der Waals surface area (Å²) >= 11 is 1.30. The molecule has 0 aliphatic heterocycles. The third kappa shape index (κ3) is 3.88. The Balaban J connectivity index is 2.44. The van der Waals surface area contributed by atoms with Gasteiger partial charge < -0.3 is 5.32 Å². The first-order chi connectivity index (χ1) is 7.60. The van der Waals surface area contributed by atoms with Crippen LogP contribution in [0, 0.1) is 0 Å². The molecule has 5 heteroatoms. The molecule has 1 aromatic rings. The fourth-order valence-electron chi connectivity index (χ4n) is 1.61. The summed E-state index contributed by atoms with van der Waals surface area (Å²) in [7, 11) is -1.12. The van der Waals surface area contributed by atoms with Crippen LogP contribution in [0.4, 0.5) is 0 Å². The van der Waals surface area contributed by atoms with Gasteiger partial charge >= 0.3 is 0 Å². The molecule has 1 aromatic heterocycles. The summed E-state index contributed by atoms with van der Waals surface area (Å²) in [5.41, 5.74) is 0. The smallest absolute Gasteiger partial charge is 0.187 e. The van der Waals surface area contributed by atoms with Crippen LogP contribution in [0.1, 0.15) is 26.2 Å². The molecule has 1 atom stereocenters. The van der Waals surface area contributed by atoms with Crippen molar-refractivity contribution in [1.29, 1.82) is 0 Å². The maximum atomic E-state index is 11.8. The van der Waals surface area contributed by atoms with Crippen molar-refractivity contribution in [2.24, 2.45) is 0 Å². The number of nitrogens with one attached hydrogen (secondary N) is 1. The first kappa shape index (κ1) is 13.7. The lowest BCUT2D eigenvalue weighted by Gasteiger charge is -2.12. The summed E-state index contributed by atoms with van der Waals surface area (Å²) in [5, 5.41) is 4.98. The highest BCUT2D eigenvalue weighted by molar-refractivity contribution is 7.93. The molecule has 1 unspecified atom stereocenters. The van der Waals surface area contributed by atoms with Crippen LogP contribution >= 0.6 is 11.3 Å². The summed E-state index contributed by atoms with van der Waals surface area (Å²) in [5.74, 6) is 0.256. The van der Waals surface area contributed by atoms with Crippen molar-refractivity contribution in [1.82, 2.24) is 5.32 Å². The van der Waals surface area contributed by atoms with Gasteiger partial charge in [-0.1, -0.05) is 13.0 Å². The van der Waals surface area contributed by atoms with Crippen molar-refractivity contribution in [3.8, 4) is 0 Å². The Morgan fingerprint density at radius 3 is 2.75 bits per heavy atom. The zero-order valence-corrected chi connectivity index (χ0v) is 11.4. The Labute approximate surface area is 102 Å². The fourth-order valence-corrected chi connectivity index (χ4v) is 4.10. The Morgan fingerprint density at radius 2 is 2.25 bits per heavy atom. The molecule has 1 N–H and O–H groups in total. The van der Waals surface area contributed by atoms with Gasteiger partial charge in [0.05, 0.1) is 5.75 Å². The number of rotatable bonds is 7. The van der Waals surface area contributed by atoms with E-state index in [2.05, 4.69) is 12.2 Å². The van der Waals surface area contributed by atoms with E-state index >= 15 is 0 Å². The minimum atomic E-state index is -3.04. The van der Waals surface area contributed by atoms with Crippen molar-refractivity contribution < 1.29 is 8.42 Å². The monoisotopic (exact) mass is 261 g/mol. The molecule has 0 aromatic carbocycles. The maximum absolute atomic E-state index is 11.8. The van der Waals surface area contributed by atoms with Crippen LogP contribution in [0.25, 0.3) is 0 Å². The Hall–Kier alpha value is -0.390. The average molecular weight is 261 g/mol.